The lowest BCUT2D eigenvalue weighted by atomic mass is 9.83. The number of fused-ring (bicyclic) bond motifs is 1. The molecule has 2 nitrogen and oxygen atoms in total. The summed E-state index contributed by atoms with van der Waals surface area (Å²) < 4.78 is 5.99. The van der Waals surface area contributed by atoms with Gasteiger partial charge in [-0.1, -0.05) is 30.3 Å². The number of anilines is 1. The molecule has 2 heteroatoms. The number of hydrogen-bond acceptors (Lipinski definition) is 2. The van der Waals surface area contributed by atoms with Gasteiger partial charge in [0.05, 0.1) is 12.3 Å². The molecule has 0 amide bonds. The first-order valence-corrected chi connectivity index (χ1v) is 7.31. The molecule has 0 saturated carbocycles. The van der Waals surface area contributed by atoms with Crippen molar-refractivity contribution in [1.82, 2.24) is 0 Å². The van der Waals surface area contributed by atoms with Crippen LogP contribution >= 0.6 is 0 Å². The summed E-state index contributed by atoms with van der Waals surface area (Å²) in [7, 11) is 0. The fourth-order valence-electron chi connectivity index (χ4n) is 2.98. The van der Waals surface area contributed by atoms with Crippen LogP contribution in [0.3, 0.4) is 0 Å². The van der Waals surface area contributed by atoms with Gasteiger partial charge >= 0.3 is 0 Å². The molecule has 104 valence electrons. The predicted octanol–water partition coefficient (Wildman–Crippen LogP) is 4.08. The summed E-state index contributed by atoms with van der Waals surface area (Å²) in [6.45, 7) is 2.77. The highest BCUT2D eigenvalue weighted by Gasteiger charge is 2.20. The molecule has 1 aliphatic rings. The van der Waals surface area contributed by atoms with E-state index in [1.54, 1.807) is 0 Å². The van der Waals surface area contributed by atoms with Crippen LogP contribution in [-0.4, -0.2) is 6.61 Å². The van der Waals surface area contributed by atoms with Crippen LogP contribution in [0.2, 0.25) is 0 Å². The van der Waals surface area contributed by atoms with E-state index in [1.807, 2.05) is 18.2 Å². The molecule has 20 heavy (non-hydrogen) atoms. The van der Waals surface area contributed by atoms with Gasteiger partial charge in [0.15, 0.2) is 0 Å². The van der Waals surface area contributed by atoms with Crippen LogP contribution in [0.5, 0.6) is 5.75 Å². The number of nitrogens with two attached hydrogens (primary N) is 1. The summed E-state index contributed by atoms with van der Waals surface area (Å²) >= 11 is 0. The minimum absolute atomic E-state index is 0.486. The molecule has 2 N–H and O–H groups in total. The number of ether oxygens (including phenoxy) is 1. The Balaban J connectivity index is 1.75. The average molecular weight is 267 g/mol. The molecule has 1 unspecified atom stereocenters. The van der Waals surface area contributed by atoms with Gasteiger partial charge in [-0.15, -0.1) is 0 Å². The molecular formula is C18H21NO. The fraction of sp³-hybridized carbons (Fsp3) is 0.333. The van der Waals surface area contributed by atoms with Gasteiger partial charge in [0.2, 0.25) is 0 Å². The standard InChI is InChI=1S/C18H21NO/c1-13-9-10-17(19)18(11-13)20-12-15-7-4-6-14-5-2-3-8-16(14)15/h2-3,5,8-11,15H,4,6-7,12,19H2,1H3. The van der Waals surface area contributed by atoms with Gasteiger partial charge in [0, 0.05) is 5.92 Å². The number of aryl methyl sites for hydroxylation is 2. The molecule has 0 spiro atoms. The van der Waals surface area contributed by atoms with Crippen LogP contribution < -0.4 is 10.5 Å². The first kappa shape index (κ1) is 13.0. The van der Waals surface area contributed by atoms with Gasteiger partial charge in [0.1, 0.15) is 5.75 Å². The Hall–Kier alpha value is -1.96. The summed E-state index contributed by atoms with van der Waals surface area (Å²) in [5.74, 6) is 1.30. The predicted molar refractivity (Wildman–Crippen MR) is 83.2 cm³/mol. The van der Waals surface area contributed by atoms with Gasteiger partial charge in [-0.2, -0.15) is 0 Å². The zero-order valence-electron chi connectivity index (χ0n) is 11.9. The highest BCUT2D eigenvalue weighted by Crippen LogP contribution is 2.32. The van der Waals surface area contributed by atoms with Crippen LogP contribution in [0, 0.1) is 6.92 Å². The number of hydrogen-bond donors (Lipinski definition) is 1. The molecule has 1 aliphatic carbocycles. The van der Waals surface area contributed by atoms with E-state index in [0.29, 0.717) is 12.5 Å². The topological polar surface area (TPSA) is 35.2 Å². The Bertz CT molecular complexity index is 606. The van der Waals surface area contributed by atoms with Crippen molar-refractivity contribution in [2.75, 3.05) is 12.3 Å². The normalized spacial score (nSPS) is 17.6. The van der Waals surface area contributed by atoms with Crippen molar-refractivity contribution < 1.29 is 4.74 Å². The number of rotatable bonds is 3. The van der Waals surface area contributed by atoms with Crippen LogP contribution in [0.1, 0.15) is 35.4 Å². The Labute approximate surface area is 120 Å². The molecule has 3 rings (SSSR count). The minimum atomic E-state index is 0.486. The third-order valence-electron chi connectivity index (χ3n) is 4.10. The number of nitrogen functional groups attached to an aromatic ring is 1. The Kier molecular flexibility index (Phi) is 3.64. The fourth-order valence-corrected chi connectivity index (χ4v) is 2.98. The molecule has 2 aromatic rings. The molecule has 0 aromatic heterocycles. The third-order valence-corrected chi connectivity index (χ3v) is 4.10. The van der Waals surface area contributed by atoms with Crippen molar-refractivity contribution >= 4 is 5.69 Å². The smallest absolute Gasteiger partial charge is 0.142 e. The molecule has 0 bridgehead atoms. The van der Waals surface area contributed by atoms with Crippen LogP contribution in [0.4, 0.5) is 5.69 Å². The first-order chi connectivity index (χ1) is 9.74. The van der Waals surface area contributed by atoms with Crippen LogP contribution in [0.25, 0.3) is 0 Å². The lowest BCUT2D eigenvalue weighted by Gasteiger charge is -2.25. The van der Waals surface area contributed by atoms with Crippen molar-refractivity contribution in [2.24, 2.45) is 0 Å². The Morgan fingerprint density at radius 2 is 2.05 bits per heavy atom. The molecule has 1 atom stereocenters. The SMILES string of the molecule is Cc1ccc(N)c(OCC2CCCc3ccccc32)c1. The molecule has 2 aromatic carbocycles. The zero-order chi connectivity index (χ0) is 13.9. The van der Waals surface area contributed by atoms with E-state index in [0.717, 1.165) is 11.4 Å². The summed E-state index contributed by atoms with van der Waals surface area (Å²) in [6, 6.07) is 14.7. The maximum absolute atomic E-state index is 5.99. The third kappa shape index (κ3) is 2.64. The molecule has 0 fully saturated rings. The second-order valence-electron chi connectivity index (χ2n) is 5.64. The van der Waals surface area contributed by atoms with Crippen molar-refractivity contribution in [2.45, 2.75) is 32.1 Å². The van der Waals surface area contributed by atoms with Gasteiger partial charge in [-0.3, -0.25) is 0 Å². The maximum atomic E-state index is 5.99. The Morgan fingerprint density at radius 1 is 1.20 bits per heavy atom. The van der Waals surface area contributed by atoms with Gasteiger partial charge in [-0.05, 0) is 55.0 Å². The van der Waals surface area contributed by atoms with Crippen molar-refractivity contribution in [3.05, 3.63) is 59.2 Å². The van der Waals surface area contributed by atoms with E-state index in [-0.39, 0.29) is 0 Å². The van der Waals surface area contributed by atoms with Crippen molar-refractivity contribution in [3.8, 4) is 5.75 Å². The molecular weight excluding hydrogens is 246 g/mol. The van der Waals surface area contributed by atoms with Crippen LogP contribution in [-0.2, 0) is 6.42 Å². The second kappa shape index (κ2) is 5.58. The highest BCUT2D eigenvalue weighted by atomic mass is 16.5. The molecule has 0 saturated heterocycles. The number of benzene rings is 2. The van der Waals surface area contributed by atoms with E-state index in [2.05, 4.69) is 31.2 Å². The van der Waals surface area contributed by atoms with E-state index >= 15 is 0 Å². The zero-order valence-corrected chi connectivity index (χ0v) is 11.9. The highest BCUT2D eigenvalue weighted by molar-refractivity contribution is 5.53. The van der Waals surface area contributed by atoms with Crippen LogP contribution in [0.15, 0.2) is 42.5 Å². The van der Waals surface area contributed by atoms with Gasteiger partial charge < -0.3 is 10.5 Å². The van der Waals surface area contributed by atoms with E-state index in [1.165, 1.54) is 36.0 Å². The second-order valence-corrected chi connectivity index (χ2v) is 5.64. The summed E-state index contributed by atoms with van der Waals surface area (Å²) in [5, 5.41) is 0. The Morgan fingerprint density at radius 3 is 2.95 bits per heavy atom. The van der Waals surface area contributed by atoms with Crippen molar-refractivity contribution in [1.29, 1.82) is 0 Å². The molecule has 0 radical (unpaired) electrons. The van der Waals surface area contributed by atoms with Crippen molar-refractivity contribution in [3.63, 3.8) is 0 Å². The van der Waals surface area contributed by atoms with E-state index < -0.39 is 0 Å². The summed E-state index contributed by atoms with van der Waals surface area (Å²) in [5.41, 5.74) is 10.8. The summed E-state index contributed by atoms with van der Waals surface area (Å²) in [4.78, 5) is 0. The molecule has 0 heterocycles. The minimum Gasteiger partial charge on any atom is -0.491 e. The van der Waals surface area contributed by atoms with Gasteiger partial charge in [0.25, 0.3) is 0 Å². The van der Waals surface area contributed by atoms with E-state index in [4.69, 9.17) is 10.5 Å². The summed E-state index contributed by atoms with van der Waals surface area (Å²) in [6.07, 6.45) is 3.64. The van der Waals surface area contributed by atoms with E-state index in [9.17, 15) is 0 Å². The monoisotopic (exact) mass is 267 g/mol. The molecule has 0 aliphatic heterocycles. The lowest BCUT2D eigenvalue weighted by Crippen LogP contribution is -2.17. The van der Waals surface area contributed by atoms with Gasteiger partial charge in [-0.25, -0.2) is 0 Å². The largest absolute Gasteiger partial charge is 0.491 e. The lowest BCUT2D eigenvalue weighted by molar-refractivity contribution is 0.276. The maximum Gasteiger partial charge on any atom is 0.142 e. The quantitative estimate of drug-likeness (QED) is 0.851. The average Bonchev–Trinajstić information content (AvgIpc) is 2.48. The first-order valence-electron chi connectivity index (χ1n) is 7.31.